The number of nitrogens with one attached hydrogen (secondary N) is 1. The molecule has 3 nitrogen and oxygen atoms in total. The largest absolute Gasteiger partial charge is 0.497 e. The third-order valence-electron chi connectivity index (χ3n) is 5.73. The molecule has 142 valence electrons. The number of aryl methyl sites for hydroxylation is 1. The molecule has 2 aromatic carbocycles. The van der Waals surface area contributed by atoms with Crippen molar-refractivity contribution in [3.05, 3.63) is 64.7 Å². The van der Waals surface area contributed by atoms with Crippen molar-refractivity contribution in [2.45, 2.75) is 19.9 Å². The average Bonchev–Trinajstić information content (AvgIpc) is 3.32. The molecule has 0 aliphatic carbocycles. The molecule has 0 bridgehead atoms. The molecule has 0 radical (unpaired) electrons. The Bertz CT molecular complexity index is 1150. The van der Waals surface area contributed by atoms with Gasteiger partial charge >= 0.3 is 0 Å². The Labute approximate surface area is 169 Å². The van der Waals surface area contributed by atoms with Crippen LogP contribution in [0, 0.1) is 6.92 Å². The van der Waals surface area contributed by atoms with Crippen LogP contribution in [0.15, 0.2) is 47.8 Å². The molecule has 0 saturated heterocycles. The highest BCUT2D eigenvalue weighted by Gasteiger charge is 2.21. The predicted molar refractivity (Wildman–Crippen MR) is 118 cm³/mol. The van der Waals surface area contributed by atoms with E-state index in [4.69, 9.17) is 4.74 Å². The van der Waals surface area contributed by atoms with Crippen LogP contribution in [0.4, 0.5) is 0 Å². The van der Waals surface area contributed by atoms with Crippen LogP contribution in [0.5, 0.6) is 5.75 Å². The van der Waals surface area contributed by atoms with E-state index in [0.717, 1.165) is 25.3 Å². The van der Waals surface area contributed by atoms with Crippen LogP contribution in [-0.2, 0) is 13.0 Å². The molecule has 0 fully saturated rings. The van der Waals surface area contributed by atoms with Crippen LogP contribution in [-0.4, -0.2) is 30.6 Å². The number of methoxy groups -OCH3 is 1. The summed E-state index contributed by atoms with van der Waals surface area (Å²) in [5.41, 5.74) is 9.30. The number of rotatable bonds is 3. The molecule has 3 heterocycles. The number of thiophene rings is 1. The maximum Gasteiger partial charge on any atom is 0.118 e. The molecule has 0 amide bonds. The second-order valence-corrected chi connectivity index (χ2v) is 8.61. The van der Waals surface area contributed by atoms with Crippen LogP contribution in [0.25, 0.3) is 32.5 Å². The third kappa shape index (κ3) is 2.84. The van der Waals surface area contributed by atoms with E-state index in [2.05, 4.69) is 59.6 Å². The van der Waals surface area contributed by atoms with Crippen LogP contribution < -0.4 is 4.74 Å². The van der Waals surface area contributed by atoms with E-state index in [0.29, 0.717) is 0 Å². The van der Waals surface area contributed by atoms with Gasteiger partial charge in [0.2, 0.25) is 0 Å². The first-order valence-electron chi connectivity index (χ1n) is 9.69. The van der Waals surface area contributed by atoms with Crippen molar-refractivity contribution < 1.29 is 4.74 Å². The van der Waals surface area contributed by atoms with Gasteiger partial charge in [-0.2, -0.15) is 0 Å². The van der Waals surface area contributed by atoms with Gasteiger partial charge in [0.1, 0.15) is 5.75 Å². The van der Waals surface area contributed by atoms with Crippen molar-refractivity contribution in [3.63, 3.8) is 0 Å². The number of ether oxygens (including phenoxy) is 1. The molecular weight excluding hydrogens is 364 g/mol. The SMILES string of the molecule is COc1ccc(-c2sccc2-c2cc(C)cc3c4c([nH]c23)CCN(C)C4)cc1. The van der Waals surface area contributed by atoms with Gasteiger partial charge in [-0.25, -0.2) is 0 Å². The van der Waals surface area contributed by atoms with E-state index in [1.807, 2.05) is 12.1 Å². The molecule has 0 spiro atoms. The number of likely N-dealkylation sites (N-methyl/N-ethyl adjacent to an activating group) is 1. The van der Waals surface area contributed by atoms with Gasteiger partial charge in [-0.1, -0.05) is 0 Å². The van der Waals surface area contributed by atoms with E-state index < -0.39 is 0 Å². The number of hydrogen-bond acceptors (Lipinski definition) is 3. The fraction of sp³-hybridized carbons (Fsp3) is 0.250. The maximum absolute atomic E-state index is 5.32. The van der Waals surface area contributed by atoms with E-state index >= 15 is 0 Å². The summed E-state index contributed by atoms with van der Waals surface area (Å²) in [5, 5.41) is 3.57. The molecule has 5 rings (SSSR count). The molecule has 0 unspecified atom stereocenters. The van der Waals surface area contributed by atoms with E-state index in [1.54, 1.807) is 18.4 Å². The van der Waals surface area contributed by atoms with Gasteiger partial charge in [0.05, 0.1) is 12.6 Å². The predicted octanol–water partition coefficient (Wildman–Crippen LogP) is 5.87. The highest BCUT2D eigenvalue weighted by Crippen LogP contribution is 2.42. The minimum absolute atomic E-state index is 0.890. The van der Waals surface area contributed by atoms with Gasteiger partial charge in [0.15, 0.2) is 0 Å². The van der Waals surface area contributed by atoms with Gasteiger partial charge < -0.3 is 14.6 Å². The van der Waals surface area contributed by atoms with Crippen LogP contribution in [0.3, 0.4) is 0 Å². The van der Waals surface area contributed by atoms with Gasteiger partial charge in [0.25, 0.3) is 0 Å². The zero-order valence-electron chi connectivity index (χ0n) is 16.5. The summed E-state index contributed by atoms with van der Waals surface area (Å²) >= 11 is 1.80. The third-order valence-corrected chi connectivity index (χ3v) is 6.69. The number of H-pyrrole nitrogens is 1. The van der Waals surface area contributed by atoms with E-state index in [-0.39, 0.29) is 0 Å². The Balaban J connectivity index is 1.69. The lowest BCUT2D eigenvalue weighted by Gasteiger charge is -2.22. The Morgan fingerprint density at radius 2 is 1.89 bits per heavy atom. The van der Waals surface area contributed by atoms with Crippen molar-refractivity contribution in [1.29, 1.82) is 0 Å². The Morgan fingerprint density at radius 1 is 1.07 bits per heavy atom. The molecule has 0 atom stereocenters. The van der Waals surface area contributed by atoms with Gasteiger partial charge in [-0.15, -0.1) is 11.3 Å². The molecule has 28 heavy (non-hydrogen) atoms. The van der Waals surface area contributed by atoms with Crippen molar-refractivity contribution in [2.24, 2.45) is 0 Å². The minimum atomic E-state index is 0.890. The summed E-state index contributed by atoms with van der Waals surface area (Å²) in [6.45, 7) is 4.34. The second kappa shape index (κ2) is 6.80. The number of hydrogen-bond donors (Lipinski definition) is 1. The zero-order chi connectivity index (χ0) is 19.3. The van der Waals surface area contributed by atoms with Crippen molar-refractivity contribution in [3.8, 4) is 27.3 Å². The lowest BCUT2D eigenvalue weighted by atomic mass is 9.96. The number of aromatic nitrogens is 1. The minimum Gasteiger partial charge on any atom is -0.497 e. The maximum atomic E-state index is 5.32. The first-order valence-corrected chi connectivity index (χ1v) is 10.6. The molecular formula is C24H24N2OS. The lowest BCUT2D eigenvalue weighted by molar-refractivity contribution is 0.313. The van der Waals surface area contributed by atoms with E-state index in [1.165, 1.54) is 49.3 Å². The summed E-state index contributed by atoms with van der Waals surface area (Å²) in [7, 11) is 3.92. The number of nitrogens with zero attached hydrogens (tertiary/aromatic N) is 1. The molecule has 4 heteroatoms. The van der Waals surface area contributed by atoms with Crippen molar-refractivity contribution >= 4 is 22.2 Å². The zero-order valence-corrected chi connectivity index (χ0v) is 17.3. The average molecular weight is 389 g/mol. The summed E-state index contributed by atoms with van der Waals surface area (Å²) in [5.74, 6) is 0.890. The Morgan fingerprint density at radius 3 is 2.68 bits per heavy atom. The molecule has 0 saturated carbocycles. The summed E-state index contributed by atoms with van der Waals surface area (Å²) in [6.07, 6.45) is 1.09. The number of aromatic amines is 1. The topological polar surface area (TPSA) is 28.3 Å². The Kier molecular flexibility index (Phi) is 4.26. The fourth-order valence-corrected chi connectivity index (χ4v) is 5.21. The fourth-order valence-electron chi connectivity index (χ4n) is 4.29. The first kappa shape index (κ1) is 17.5. The molecule has 1 aliphatic rings. The number of benzene rings is 2. The molecule has 4 aromatic rings. The molecule has 2 aromatic heterocycles. The smallest absolute Gasteiger partial charge is 0.118 e. The monoisotopic (exact) mass is 388 g/mol. The summed E-state index contributed by atoms with van der Waals surface area (Å²) < 4.78 is 5.32. The van der Waals surface area contributed by atoms with Crippen molar-refractivity contribution in [1.82, 2.24) is 9.88 Å². The van der Waals surface area contributed by atoms with Gasteiger partial charge in [-0.3, -0.25) is 0 Å². The second-order valence-electron chi connectivity index (χ2n) is 7.70. The van der Waals surface area contributed by atoms with Crippen LogP contribution >= 0.6 is 11.3 Å². The van der Waals surface area contributed by atoms with Gasteiger partial charge in [-0.05, 0) is 78.5 Å². The lowest BCUT2D eigenvalue weighted by Crippen LogP contribution is -2.25. The Hall–Kier alpha value is -2.56. The molecule has 1 N–H and O–H groups in total. The normalized spacial score (nSPS) is 14.4. The first-order chi connectivity index (χ1) is 13.6. The molecule has 1 aliphatic heterocycles. The quantitative estimate of drug-likeness (QED) is 0.475. The van der Waals surface area contributed by atoms with Crippen molar-refractivity contribution in [2.75, 3.05) is 20.7 Å². The van der Waals surface area contributed by atoms with E-state index in [9.17, 15) is 0 Å². The van der Waals surface area contributed by atoms with Crippen LogP contribution in [0.1, 0.15) is 16.8 Å². The van der Waals surface area contributed by atoms with Crippen LogP contribution in [0.2, 0.25) is 0 Å². The summed E-state index contributed by atoms with van der Waals surface area (Å²) in [4.78, 5) is 7.49. The number of fused-ring (bicyclic) bond motifs is 3. The highest BCUT2D eigenvalue weighted by molar-refractivity contribution is 7.14. The van der Waals surface area contributed by atoms with Gasteiger partial charge in [0, 0.05) is 46.6 Å². The standard InChI is InChI=1S/C24H24N2OS/c1-15-12-19(23-20(13-15)21-14-26(2)10-8-22(21)25-23)18-9-11-28-24(18)16-4-6-17(27-3)7-5-16/h4-7,9,11-13,25H,8,10,14H2,1-3H3. The highest BCUT2D eigenvalue weighted by atomic mass is 32.1. The summed E-state index contributed by atoms with van der Waals surface area (Å²) in [6, 6.07) is 15.3.